The number of nitrogens with zero attached hydrogens (tertiary/aromatic N) is 4. The zero-order valence-corrected chi connectivity index (χ0v) is 19.4. The van der Waals surface area contributed by atoms with Crippen LogP contribution >= 0.6 is 11.8 Å². The lowest BCUT2D eigenvalue weighted by Gasteiger charge is -2.34. The van der Waals surface area contributed by atoms with E-state index >= 15 is 0 Å². The topological polar surface area (TPSA) is 79.8 Å². The van der Waals surface area contributed by atoms with E-state index in [1.807, 2.05) is 24.3 Å². The van der Waals surface area contributed by atoms with E-state index in [0.717, 1.165) is 72.3 Å². The summed E-state index contributed by atoms with van der Waals surface area (Å²) in [7, 11) is 1.64. The Morgan fingerprint density at radius 2 is 1.97 bits per heavy atom. The van der Waals surface area contributed by atoms with Gasteiger partial charge in [-0.05, 0) is 30.3 Å². The minimum absolute atomic E-state index is 0.0203. The molecular weight excluding hydrogens is 438 g/mol. The summed E-state index contributed by atoms with van der Waals surface area (Å²) in [5, 5.41) is 3.84. The van der Waals surface area contributed by atoms with Crippen LogP contribution in [0.15, 0.2) is 47.5 Å². The van der Waals surface area contributed by atoms with Gasteiger partial charge in [0.15, 0.2) is 0 Å². The molecule has 8 nitrogen and oxygen atoms in total. The molecule has 0 bridgehead atoms. The number of pyridine rings is 2. The van der Waals surface area contributed by atoms with Crippen LogP contribution < -0.4 is 14.8 Å². The van der Waals surface area contributed by atoms with Gasteiger partial charge >= 0.3 is 0 Å². The first-order valence-electron chi connectivity index (χ1n) is 11.1. The molecule has 0 atom stereocenters. The van der Waals surface area contributed by atoms with E-state index in [1.54, 1.807) is 25.1 Å². The van der Waals surface area contributed by atoms with Gasteiger partial charge in [-0.15, -0.1) is 11.8 Å². The van der Waals surface area contributed by atoms with Crippen LogP contribution in [0.5, 0.6) is 11.5 Å². The standard InChI is InChI=1S/C24H27N5O3S/c1-31-18-13-19-20(25-14-18)3-2-4-21(19)32-12-11-28-7-9-29(10-8-28)15-17-5-6-22-24(26-17)27-23(30)16-33-22/h2-6,13-14H,7-12,15-16H2,1H3,(H,26,27,30). The molecule has 0 radical (unpaired) electrons. The van der Waals surface area contributed by atoms with E-state index in [2.05, 4.69) is 37.2 Å². The van der Waals surface area contributed by atoms with E-state index in [1.165, 1.54) is 0 Å². The number of ether oxygens (including phenoxy) is 2. The van der Waals surface area contributed by atoms with E-state index in [0.29, 0.717) is 18.2 Å². The predicted octanol–water partition coefficient (Wildman–Crippen LogP) is 2.88. The maximum Gasteiger partial charge on any atom is 0.235 e. The molecule has 2 aromatic heterocycles. The first-order chi connectivity index (χ1) is 16.2. The number of aromatic nitrogens is 2. The van der Waals surface area contributed by atoms with Crippen molar-refractivity contribution in [2.75, 3.05) is 57.5 Å². The number of thioether (sulfide) groups is 1. The number of carbonyl (C=O) groups is 1. The quantitative estimate of drug-likeness (QED) is 0.571. The Labute approximate surface area is 197 Å². The van der Waals surface area contributed by atoms with E-state index in [9.17, 15) is 4.79 Å². The van der Waals surface area contributed by atoms with Gasteiger partial charge in [0, 0.05) is 44.7 Å². The maximum absolute atomic E-state index is 11.6. The van der Waals surface area contributed by atoms with Gasteiger partial charge < -0.3 is 14.8 Å². The first-order valence-corrected chi connectivity index (χ1v) is 12.1. The summed E-state index contributed by atoms with van der Waals surface area (Å²) in [5.41, 5.74) is 1.89. The van der Waals surface area contributed by atoms with Crippen LogP contribution in [-0.4, -0.2) is 77.9 Å². The van der Waals surface area contributed by atoms with Gasteiger partial charge in [0.1, 0.15) is 23.9 Å². The Kier molecular flexibility index (Phi) is 6.61. The summed E-state index contributed by atoms with van der Waals surface area (Å²) in [6, 6.07) is 12.0. The fraction of sp³-hybridized carbons (Fsp3) is 0.375. The summed E-state index contributed by atoms with van der Waals surface area (Å²) in [5.74, 6) is 2.74. The smallest absolute Gasteiger partial charge is 0.235 e. The molecule has 9 heteroatoms. The van der Waals surface area contributed by atoms with Gasteiger partial charge in [0.05, 0.1) is 35.2 Å². The fourth-order valence-electron chi connectivity index (χ4n) is 4.12. The van der Waals surface area contributed by atoms with Crippen molar-refractivity contribution >= 4 is 34.4 Å². The number of benzene rings is 1. The normalized spacial score (nSPS) is 16.9. The molecule has 1 amide bonds. The van der Waals surface area contributed by atoms with E-state index < -0.39 is 0 Å². The molecule has 3 aromatic rings. The van der Waals surface area contributed by atoms with Crippen molar-refractivity contribution in [3.05, 3.63) is 48.3 Å². The molecule has 1 aromatic carbocycles. The van der Waals surface area contributed by atoms with Gasteiger partial charge in [-0.2, -0.15) is 0 Å². The highest BCUT2D eigenvalue weighted by atomic mass is 32.2. The third-order valence-electron chi connectivity index (χ3n) is 5.94. The van der Waals surface area contributed by atoms with Crippen molar-refractivity contribution in [1.82, 2.24) is 19.8 Å². The van der Waals surface area contributed by atoms with Crippen molar-refractivity contribution < 1.29 is 14.3 Å². The molecule has 0 aliphatic carbocycles. The number of rotatable bonds is 7. The zero-order chi connectivity index (χ0) is 22.6. The van der Waals surface area contributed by atoms with Crippen molar-refractivity contribution in [2.45, 2.75) is 11.4 Å². The number of fused-ring (bicyclic) bond motifs is 2. The lowest BCUT2D eigenvalue weighted by molar-refractivity contribution is -0.113. The maximum atomic E-state index is 11.6. The Morgan fingerprint density at radius 3 is 2.82 bits per heavy atom. The van der Waals surface area contributed by atoms with E-state index in [-0.39, 0.29) is 5.91 Å². The second-order valence-corrected chi connectivity index (χ2v) is 9.17. The number of hydrogen-bond donors (Lipinski definition) is 1. The van der Waals surface area contributed by atoms with Crippen LogP contribution in [0.2, 0.25) is 0 Å². The second-order valence-electron chi connectivity index (χ2n) is 8.15. The molecule has 172 valence electrons. The largest absolute Gasteiger partial charge is 0.495 e. The van der Waals surface area contributed by atoms with Gasteiger partial charge in [-0.3, -0.25) is 19.6 Å². The van der Waals surface area contributed by atoms with Crippen LogP contribution in [-0.2, 0) is 11.3 Å². The number of hydrogen-bond acceptors (Lipinski definition) is 8. The number of carbonyl (C=O) groups excluding carboxylic acids is 1. The Bertz CT molecular complexity index is 1150. The second kappa shape index (κ2) is 9.94. The Morgan fingerprint density at radius 1 is 1.12 bits per heavy atom. The monoisotopic (exact) mass is 465 g/mol. The molecule has 0 saturated carbocycles. The van der Waals surface area contributed by atoms with Gasteiger partial charge in [0.25, 0.3) is 0 Å². The summed E-state index contributed by atoms with van der Waals surface area (Å²) < 4.78 is 11.4. The minimum atomic E-state index is 0.0203. The van der Waals surface area contributed by atoms with Crippen LogP contribution in [0.1, 0.15) is 5.69 Å². The Balaban J connectivity index is 1.10. The molecular formula is C24H27N5O3S. The molecule has 1 saturated heterocycles. The van der Waals surface area contributed by atoms with Crippen molar-refractivity contribution in [3.8, 4) is 11.5 Å². The highest BCUT2D eigenvalue weighted by Crippen LogP contribution is 2.30. The SMILES string of the molecule is COc1cnc2cccc(OCCN3CCN(Cc4ccc5c(n4)NC(=O)CS5)CC3)c2c1. The summed E-state index contributed by atoms with van der Waals surface area (Å²) in [6.45, 7) is 6.24. The third kappa shape index (κ3) is 5.21. The average molecular weight is 466 g/mol. The minimum Gasteiger partial charge on any atom is -0.495 e. The number of nitrogens with one attached hydrogen (secondary N) is 1. The number of amides is 1. The number of piperazine rings is 1. The first kappa shape index (κ1) is 21.9. The fourth-order valence-corrected chi connectivity index (χ4v) is 4.87. The molecule has 1 N–H and O–H groups in total. The zero-order valence-electron chi connectivity index (χ0n) is 18.6. The van der Waals surface area contributed by atoms with Gasteiger partial charge in [-0.25, -0.2) is 4.98 Å². The molecule has 4 heterocycles. The third-order valence-corrected chi connectivity index (χ3v) is 6.99. The molecule has 1 fully saturated rings. The van der Waals surface area contributed by atoms with Crippen LogP contribution in [0.3, 0.4) is 0 Å². The average Bonchev–Trinajstić information content (AvgIpc) is 2.84. The van der Waals surface area contributed by atoms with Gasteiger partial charge in [0.2, 0.25) is 5.91 Å². The molecule has 2 aliphatic rings. The van der Waals surface area contributed by atoms with Crippen molar-refractivity contribution in [2.24, 2.45) is 0 Å². The van der Waals surface area contributed by atoms with Crippen molar-refractivity contribution in [3.63, 3.8) is 0 Å². The molecule has 2 aliphatic heterocycles. The van der Waals surface area contributed by atoms with Crippen molar-refractivity contribution in [1.29, 1.82) is 0 Å². The summed E-state index contributed by atoms with van der Waals surface area (Å²) in [4.78, 5) is 26.6. The molecule has 5 rings (SSSR count). The van der Waals surface area contributed by atoms with Crippen LogP contribution in [0.4, 0.5) is 5.82 Å². The highest BCUT2D eigenvalue weighted by Gasteiger charge is 2.20. The number of methoxy groups -OCH3 is 1. The lowest BCUT2D eigenvalue weighted by atomic mass is 10.2. The summed E-state index contributed by atoms with van der Waals surface area (Å²) in [6.07, 6.45) is 1.72. The predicted molar refractivity (Wildman–Crippen MR) is 129 cm³/mol. The Hall–Kier alpha value is -2.88. The summed E-state index contributed by atoms with van der Waals surface area (Å²) >= 11 is 1.54. The molecule has 0 spiro atoms. The molecule has 33 heavy (non-hydrogen) atoms. The van der Waals surface area contributed by atoms with Crippen LogP contribution in [0, 0.1) is 0 Å². The van der Waals surface area contributed by atoms with Crippen LogP contribution in [0.25, 0.3) is 10.9 Å². The highest BCUT2D eigenvalue weighted by molar-refractivity contribution is 8.00. The molecule has 0 unspecified atom stereocenters. The lowest BCUT2D eigenvalue weighted by Crippen LogP contribution is -2.47. The van der Waals surface area contributed by atoms with Gasteiger partial charge in [-0.1, -0.05) is 6.07 Å². The van der Waals surface area contributed by atoms with E-state index in [4.69, 9.17) is 9.47 Å². The number of anilines is 1.